The Balaban J connectivity index is 1.81. The number of amidine groups is 1. The minimum atomic E-state index is -4.36. The lowest BCUT2D eigenvalue weighted by molar-refractivity contribution is 0.0855. The van der Waals surface area contributed by atoms with E-state index in [1.54, 1.807) is 24.3 Å². The molecular weight excluding hydrogens is 487 g/mol. The van der Waals surface area contributed by atoms with Crippen molar-refractivity contribution in [2.24, 2.45) is 10.1 Å². The van der Waals surface area contributed by atoms with E-state index >= 15 is 0 Å². The number of H-pyrrole nitrogens is 1. The lowest BCUT2D eigenvalue weighted by Gasteiger charge is -2.14. The first-order chi connectivity index (χ1) is 17.1. The van der Waals surface area contributed by atoms with Gasteiger partial charge in [0.05, 0.1) is 15.9 Å². The second-order valence-electron chi connectivity index (χ2n) is 8.01. The number of Topliss-reactive ketones (excluding diaryl/α,β-unsaturated/α-hetero) is 2. The molecule has 2 atom stereocenters. The summed E-state index contributed by atoms with van der Waals surface area (Å²) in [6.07, 6.45) is -1.30. The molecule has 0 fully saturated rings. The summed E-state index contributed by atoms with van der Waals surface area (Å²) in [6.45, 7) is 1.25. The summed E-state index contributed by atoms with van der Waals surface area (Å²) in [4.78, 5) is 34.1. The van der Waals surface area contributed by atoms with Crippen LogP contribution >= 0.6 is 0 Å². The van der Waals surface area contributed by atoms with Crippen LogP contribution in [0.5, 0.6) is 0 Å². The normalized spacial score (nSPS) is 13.9. The molecular formula is C25H21FN4O5S. The summed E-state index contributed by atoms with van der Waals surface area (Å²) in [7, 11) is -4.36. The van der Waals surface area contributed by atoms with Gasteiger partial charge in [0, 0.05) is 11.1 Å². The first kappa shape index (κ1) is 24.9. The Labute approximate surface area is 205 Å². The van der Waals surface area contributed by atoms with Gasteiger partial charge in [-0.3, -0.25) is 9.59 Å². The first-order valence-corrected chi connectivity index (χ1v) is 12.2. The van der Waals surface area contributed by atoms with Gasteiger partial charge in [0.15, 0.2) is 11.6 Å². The molecule has 3 aromatic carbocycles. The van der Waals surface area contributed by atoms with E-state index in [1.807, 2.05) is 0 Å². The third kappa shape index (κ3) is 5.07. The Bertz CT molecular complexity index is 1580. The van der Waals surface area contributed by atoms with E-state index in [1.165, 1.54) is 43.3 Å². The van der Waals surface area contributed by atoms with Crippen molar-refractivity contribution in [3.63, 3.8) is 0 Å². The number of para-hydroxylation sites is 2. The highest BCUT2D eigenvalue weighted by molar-refractivity contribution is 7.90. The molecule has 0 aliphatic carbocycles. The van der Waals surface area contributed by atoms with Crippen molar-refractivity contribution in [3.05, 3.63) is 95.6 Å². The Morgan fingerprint density at radius 1 is 1.00 bits per heavy atom. The Morgan fingerprint density at radius 3 is 2.28 bits per heavy atom. The number of benzene rings is 3. The highest BCUT2D eigenvalue weighted by atomic mass is 32.2. The quantitative estimate of drug-likeness (QED) is 0.143. The van der Waals surface area contributed by atoms with Crippen LogP contribution in [0.15, 0.2) is 82.1 Å². The largest absolute Gasteiger partial charge is 0.385 e. The van der Waals surface area contributed by atoms with Gasteiger partial charge in [-0.25, -0.2) is 9.37 Å². The van der Waals surface area contributed by atoms with Crippen LogP contribution < -0.4 is 5.73 Å². The van der Waals surface area contributed by atoms with Gasteiger partial charge in [-0.2, -0.15) is 8.42 Å². The average molecular weight is 509 g/mol. The zero-order valence-corrected chi connectivity index (χ0v) is 19.7. The predicted octanol–water partition coefficient (Wildman–Crippen LogP) is 2.98. The number of ketones is 2. The summed E-state index contributed by atoms with van der Waals surface area (Å²) in [5.41, 5.74) is 6.41. The van der Waals surface area contributed by atoms with Crippen molar-refractivity contribution < 1.29 is 27.5 Å². The standard InChI is InChI=1S/C25H21FN4O5S/c1-14(31)24(27)30-36(34,35)18-9-5-7-16(13-18)23(33)21(22(32)15-6-4-8-17(26)12-15)25-28-19-10-2-3-11-20(19)29-25/h2-14,21,31H,1H3,(H2,27,30)(H,28,29)/t14-,21?/m1/s1. The molecule has 0 saturated heterocycles. The third-order valence-corrected chi connectivity index (χ3v) is 6.69. The van der Waals surface area contributed by atoms with Gasteiger partial charge in [0.2, 0.25) is 0 Å². The van der Waals surface area contributed by atoms with Gasteiger partial charge in [-0.05, 0) is 43.3 Å². The number of aromatic nitrogens is 2. The molecule has 0 radical (unpaired) electrons. The fourth-order valence-corrected chi connectivity index (χ4v) is 4.59. The van der Waals surface area contributed by atoms with Crippen LogP contribution in [-0.2, 0) is 10.0 Å². The Kier molecular flexibility index (Phi) is 6.77. The van der Waals surface area contributed by atoms with Crippen molar-refractivity contribution in [1.29, 1.82) is 0 Å². The smallest absolute Gasteiger partial charge is 0.284 e. The van der Waals surface area contributed by atoms with Crippen LogP contribution in [-0.4, -0.2) is 47.0 Å². The molecule has 184 valence electrons. The van der Waals surface area contributed by atoms with Gasteiger partial charge in [-0.15, -0.1) is 4.40 Å². The Hall–Kier alpha value is -4.22. The van der Waals surface area contributed by atoms with E-state index < -0.39 is 45.3 Å². The second kappa shape index (κ2) is 9.80. The number of nitrogens with one attached hydrogen (secondary N) is 1. The molecule has 1 heterocycles. The fraction of sp³-hybridized carbons (Fsp3) is 0.120. The molecule has 4 N–H and O–H groups in total. The Morgan fingerprint density at radius 2 is 1.64 bits per heavy atom. The van der Waals surface area contributed by atoms with Crippen LogP contribution in [0.25, 0.3) is 11.0 Å². The van der Waals surface area contributed by atoms with Gasteiger partial charge < -0.3 is 15.8 Å². The average Bonchev–Trinajstić information content (AvgIpc) is 3.27. The van der Waals surface area contributed by atoms with E-state index in [0.717, 1.165) is 12.1 Å². The molecule has 9 nitrogen and oxygen atoms in total. The summed E-state index contributed by atoms with van der Waals surface area (Å²) >= 11 is 0. The highest BCUT2D eigenvalue weighted by Gasteiger charge is 2.34. The first-order valence-electron chi connectivity index (χ1n) is 10.7. The molecule has 36 heavy (non-hydrogen) atoms. The second-order valence-corrected chi connectivity index (χ2v) is 9.61. The predicted molar refractivity (Wildman–Crippen MR) is 131 cm³/mol. The molecule has 0 spiro atoms. The zero-order valence-electron chi connectivity index (χ0n) is 18.9. The third-order valence-electron chi connectivity index (χ3n) is 5.38. The van der Waals surface area contributed by atoms with Gasteiger partial charge in [0.1, 0.15) is 29.5 Å². The molecule has 0 saturated carbocycles. The SMILES string of the molecule is C[C@@H](O)C(N)=NS(=O)(=O)c1cccc(C(=O)C(C(=O)c2cccc(F)c2)c2nc3ccccc3[nH]2)c1. The molecule has 0 bridgehead atoms. The van der Waals surface area contributed by atoms with E-state index in [4.69, 9.17) is 5.73 Å². The zero-order chi connectivity index (χ0) is 26.0. The molecule has 4 rings (SSSR count). The number of fused-ring (bicyclic) bond motifs is 1. The number of carbonyl (C=O) groups excluding carboxylic acids is 2. The van der Waals surface area contributed by atoms with E-state index in [2.05, 4.69) is 14.4 Å². The number of nitrogens with zero attached hydrogens (tertiary/aromatic N) is 2. The summed E-state index contributed by atoms with van der Waals surface area (Å²) in [6, 6.07) is 16.7. The topological polar surface area (TPSA) is 156 Å². The number of imidazole rings is 1. The summed E-state index contributed by atoms with van der Waals surface area (Å²) < 4.78 is 42.6. The van der Waals surface area contributed by atoms with Crippen molar-refractivity contribution in [1.82, 2.24) is 9.97 Å². The number of halogens is 1. The maximum Gasteiger partial charge on any atom is 0.284 e. The van der Waals surface area contributed by atoms with Crippen LogP contribution in [0.1, 0.15) is 39.4 Å². The molecule has 1 unspecified atom stereocenters. The summed E-state index contributed by atoms with van der Waals surface area (Å²) in [5, 5.41) is 9.47. The lowest BCUT2D eigenvalue weighted by atomic mass is 9.89. The van der Waals surface area contributed by atoms with Gasteiger partial charge in [-0.1, -0.05) is 36.4 Å². The van der Waals surface area contributed by atoms with Crippen molar-refractivity contribution >= 4 is 38.5 Å². The number of hydrogen-bond acceptors (Lipinski definition) is 6. The lowest BCUT2D eigenvalue weighted by Crippen LogP contribution is -2.27. The van der Waals surface area contributed by atoms with Crippen LogP contribution in [0, 0.1) is 5.82 Å². The summed E-state index contributed by atoms with van der Waals surface area (Å²) in [5.74, 6) is -4.13. The fourth-order valence-electron chi connectivity index (χ4n) is 3.53. The molecule has 1 aromatic heterocycles. The number of aromatic amines is 1. The number of aliphatic hydroxyl groups excluding tert-OH is 1. The number of hydrogen-bond donors (Lipinski definition) is 3. The van der Waals surface area contributed by atoms with Crippen molar-refractivity contribution in [3.8, 4) is 0 Å². The molecule has 0 aliphatic heterocycles. The number of rotatable bonds is 8. The van der Waals surface area contributed by atoms with Crippen LogP contribution in [0.4, 0.5) is 4.39 Å². The molecule has 4 aromatic rings. The van der Waals surface area contributed by atoms with Gasteiger partial charge >= 0.3 is 0 Å². The number of aliphatic hydroxyl groups is 1. The van der Waals surface area contributed by atoms with Crippen molar-refractivity contribution in [2.45, 2.75) is 23.8 Å². The maximum atomic E-state index is 13.9. The van der Waals surface area contributed by atoms with Crippen LogP contribution in [0.2, 0.25) is 0 Å². The maximum absolute atomic E-state index is 13.9. The van der Waals surface area contributed by atoms with Crippen molar-refractivity contribution in [2.75, 3.05) is 0 Å². The van der Waals surface area contributed by atoms with Gasteiger partial charge in [0.25, 0.3) is 10.0 Å². The monoisotopic (exact) mass is 508 g/mol. The molecule has 0 amide bonds. The number of carbonyl (C=O) groups is 2. The van der Waals surface area contributed by atoms with E-state index in [0.29, 0.717) is 11.0 Å². The van der Waals surface area contributed by atoms with E-state index in [9.17, 15) is 27.5 Å². The minimum absolute atomic E-state index is 0.0279. The van der Waals surface area contributed by atoms with Crippen LogP contribution in [0.3, 0.4) is 0 Å². The van der Waals surface area contributed by atoms with E-state index in [-0.39, 0.29) is 21.8 Å². The molecule has 0 aliphatic rings. The molecule has 11 heteroatoms. The highest BCUT2D eigenvalue weighted by Crippen LogP contribution is 2.27. The number of sulfonamides is 1. The number of nitrogens with two attached hydrogens (primary N) is 1. The minimum Gasteiger partial charge on any atom is -0.385 e.